The number of hydrogen-bond acceptors (Lipinski definition) is 3. The molecule has 4 nitrogen and oxygen atoms in total. The van der Waals surface area contributed by atoms with Crippen molar-refractivity contribution in [1.82, 2.24) is 9.97 Å². The minimum absolute atomic E-state index is 0.248. The summed E-state index contributed by atoms with van der Waals surface area (Å²) >= 11 is 12.1. The average molecular weight is 299 g/mol. The molecule has 0 unspecified atom stereocenters. The SMILES string of the molecule is CCOCc1nc(-c2cccc(Cl)c2Cl)cc(=O)[nH]1. The van der Waals surface area contributed by atoms with Crippen LogP contribution in [0.3, 0.4) is 0 Å². The molecule has 0 saturated carbocycles. The van der Waals surface area contributed by atoms with Gasteiger partial charge in [-0.2, -0.15) is 0 Å². The fraction of sp³-hybridized carbons (Fsp3) is 0.231. The van der Waals surface area contributed by atoms with E-state index < -0.39 is 0 Å². The van der Waals surface area contributed by atoms with Gasteiger partial charge in [-0.05, 0) is 13.0 Å². The molecule has 0 aliphatic rings. The van der Waals surface area contributed by atoms with E-state index in [4.69, 9.17) is 27.9 Å². The second-order valence-electron chi connectivity index (χ2n) is 3.82. The highest BCUT2D eigenvalue weighted by Crippen LogP contribution is 2.31. The molecule has 0 radical (unpaired) electrons. The molecule has 2 rings (SSSR count). The fourth-order valence-corrected chi connectivity index (χ4v) is 2.01. The van der Waals surface area contributed by atoms with E-state index in [1.54, 1.807) is 18.2 Å². The van der Waals surface area contributed by atoms with Crippen LogP contribution in [-0.4, -0.2) is 16.6 Å². The van der Waals surface area contributed by atoms with E-state index in [0.717, 1.165) is 0 Å². The topological polar surface area (TPSA) is 55.0 Å². The zero-order valence-corrected chi connectivity index (χ0v) is 11.8. The van der Waals surface area contributed by atoms with Crippen LogP contribution >= 0.6 is 23.2 Å². The maximum Gasteiger partial charge on any atom is 0.251 e. The number of nitrogens with zero attached hydrogens (tertiary/aromatic N) is 1. The van der Waals surface area contributed by atoms with Gasteiger partial charge < -0.3 is 9.72 Å². The predicted molar refractivity (Wildman–Crippen MR) is 75.6 cm³/mol. The zero-order valence-electron chi connectivity index (χ0n) is 10.2. The Balaban J connectivity index is 2.47. The van der Waals surface area contributed by atoms with Crippen LogP contribution < -0.4 is 5.56 Å². The van der Waals surface area contributed by atoms with E-state index in [-0.39, 0.29) is 12.2 Å². The number of nitrogens with one attached hydrogen (secondary N) is 1. The lowest BCUT2D eigenvalue weighted by Crippen LogP contribution is -2.12. The Bertz CT molecular complexity index is 641. The summed E-state index contributed by atoms with van der Waals surface area (Å²) in [4.78, 5) is 18.6. The van der Waals surface area contributed by atoms with Gasteiger partial charge in [0.15, 0.2) is 0 Å². The highest BCUT2D eigenvalue weighted by atomic mass is 35.5. The summed E-state index contributed by atoms with van der Waals surface area (Å²) in [6, 6.07) is 6.59. The van der Waals surface area contributed by atoms with Gasteiger partial charge in [-0.3, -0.25) is 4.79 Å². The standard InChI is InChI=1S/C13H12Cl2N2O2/c1-2-19-7-11-16-10(6-12(18)17-11)8-4-3-5-9(14)13(8)15/h3-6H,2,7H2,1H3,(H,16,17,18). The Morgan fingerprint density at radius 1 is 1.37 bits per heavy atom. The van der Waals surface area contributed by atoms with Crippen molar-refractivity contribution in [3.63, 3.8) is 0 Å². The summed E-state index contributed by atoms with van der Waals surface area (Å²) in [6.07, 6.45) is 0. The van der Waals surface area contributed by atoms with Gasteiger partial charge in [-0.25, -0.2) is 4.98 Å². The van der Waals surface area contributed by atoms with Gasteiger partial charge >= 0.3 is 0 Å². The number of aromatic amines is 1. The van der Waals surface area contributed by atoms with E-state index in [9.17, 15) is 4.79 Å². The van der Waals surface area contributed by atoms with Gasteiger partial charge in [0.1, 0.15) is 12.4 Å². The quantitative estimate of drug-likeness (QED) is 0.942. The maximum absolute atomic E-state index is 11.6. The van der Waals surface area contributed by atoms with Crippen LogP contribution in [0.25, 0.3) is 11.3 Å². The molecule has 6 heteroatoms. The van der Waals surface area contributed by atoms with Crippen LogP contribution in [0.5, 0.6) is 0 Å². The molecule has 0 atom stereocenters. The molecule has 0 aliphatic heterocycles. The molecule has 1 aromatic heterocycles. The van der Waals surface area contributed by atoms with Crippen molar-refractivity contribution in [3.8, 4) is 11.3 Å². The first-order valence-electron chi connectivity index (χ1n) is 5.74. The van der Waals surface area contributed by atoms with Crippen LogP contribution in [0.15, 0.2) is 29.1 Å². The van der Waals surface area contributed by atoms with E-state index >= 15 is 0 Å². The summed E-state index contributed by atoms with van der Waals surface area (Å²) in [6.45, 7) is 2.67. The van der Waals surface area contributed by atoms with Gasteiger partial charge in [-0.15, -0.1) is 0 Å². The average Bonchev–Trinajstić information content (AvgIpc) is 2.39. The van der Waals surface area contributed by atoms with Crippen molar-refractivity contribution in [2.45, 2.75) is 13.5 Å². The van der Waals surface area contributed by atoms with Gasteiger partial charge in [0, 0.05) is 18.2 Å². The Morgan fingerprint density at radius 2 is 2.16 bits per heavy atom. The lowest BCUT2D eigenvalue weighted by Gasteiger charge is -2.07. The number of benzene rings is 1. The summed E-state index contributed by atoms with van der Waals surface area (Å²) in [5, 5.41) is 0.803. The van der Waals surface area contributed by atoms with Crippen molar-refractivity contribution in [2.75, 3.05) is 6.61 Å². The zero-order chi connectivity index (χ0) is 13.8. The number of ether oxygens (including phenoxy) is 1. The largest absolute Gasteiger partial charge is 0.374 e. The third kappa shape index (κ3) is 3.35. The first kappa shape index (κ1) is 14.1. The molecule has 0 spiro atoms. The third-order valence-corrected chi connectivity index (χ3v) is 3.28. The molecule has 2 aromatic rings. The van der Waals surface area contributed by atoms with E-state index in [1.807, 2.05) is 6.92 Å². The van der Waals surface area contributed by atoms with Crippen molar-refractivity contribution in [3.05, 3.63) is 50.5 Å². The second kappa shape index (κ2) is 6.19. The monoisotopic (exact) mass is 298 g/mol. The fourth-order valence-electron chi connectivity index (χ4n) is 1.61. The summed E-state index contributed by atoms with van der Waals surface area (Å²) in [5.74, 6) is 0.459. The van der Waals surface area contributed by atoms with Gasteiger partial charge in [0.25, 0.3) is 5.56 Å². The molecule has 0 aliphatic carbocycles. The number of halogens is 2. The Kier molecular flexibility index (Phi) is 4.58. The molecule has 0 amide bonds. The predicted octanol–water partition coefficient (Wildman–Crippen LogP) is 3.28. The molecule has 0 bridgehead atoms. The molecule has 0 fully saturated rings. The lowest BCUT2D eigenvalue weighted by molar-refractivity contribution is 0.128. The molecule has 100 valence electrons. The van der Waals surface area contributed by atoms with Crippen LogP contribution in [0, 0.1) is 0 Å². The number of hydrogen-bond donors (Lipinski definition) is 1. The van der Waals surface area contributed by atoms with Crippen LogP contribution in [0.4, 0.5) is 0 Å². The van der Waals surface area contributed by atoms with Crippen LogP contribution in [0.1, 0.15) is 12.7 Å². The van der Waals surface area contributed by atoms with E-state index in [2.05, 4.69) is 9.97 Å². The van der Waals surface area contributed by atoms with Crippen molar-refractivity contribution in [2.24, 2.45) is 0 Å². The minimum Gasteiger partial charge on any atom is -0.374 e. The second-order valence-corrected chi connectivity index (χ2v) is 4.60. The van der Waals surface area contributed by atoms with E-state index in [1.165, 1.54) is 6.07 Å². The molecular formula is C13H12Cl2N2O2. The summed E-state index contributed by atoms with van der Waals surface area (Å²) in [7, 11) is 0. The third-order valence-electron chi connectivity index (χ3n) is 2.46. The molecule has 1 heterocycles. The van der Waals surface area contributed by atoms with Gasteiger partial charge in [0.2, 0.25) is 0 Å². The molecule has 1 aromatic carbocycles. The smallest absolute Gasteiger partial charge is 0.251 e. The normalized spacial score (nSPS) is 10.7. The highest BCUT2D eigenvalue weighted by Gasteiger charge is 2.10. The van der Waals surface area contributed by atoms with Crippen LogP contribution in [-0.2, 0) is 11.3 Å². The van der Waals surface area contributed by atoms with Crippen LogP contribution in [0.2, 0.25) is 10.0 Å². The number of rotatable bonds is 4. The first-order chi connectivity index (χ1) is 9.11. The lowest BCUT2D eigenvalue weighted by atomic mass is 10.1. The minimum atomic E-state index is -0.254. The Morgan fingerprint density at radius 3 is 2.89 bits per heavy atom. The number of aromatic nitrogens is 2. The molecular weight excluding hydrogens is 287 g/mol. The number of H-pyrrole nitrogens is 1. The van der Waals surface area contributed by atoms with Crippen molar-refractivity contribution >= 4 is 23.2 Å². The molecule has 1 N–H and O–H groups in total. The first-order valence-corrected chi connectivity index (χ1v) is 6.49. The Labute approximate surface area is 120 Å². The van der Waals surface area contributed by atoms with E-state index in [0.29, 0.717) is 33.7 Å². The van der Waals surface area contributed by atoms with Gasteiger partial charge in [0.05, 0.1) is 15.7 Å². The summed E-state index contributed by atoms with van der Waals surface area (Å²) in [5.41, 5.74) is 0.847. The van der Waals surface area contributed by atoms with Crippen molar-refractivity contribution in [1.29, 1.82) is 0 Å². The molecule has 0 saturated heterocycles. The maximum atomic E-state index is 11.6. The Hall–Kier alpha value is -1.36. The summed E-state index contributed by atoms with van der Waals surface area (Å²) < 4.78 is 5.23. The van der Waals surface area contributed by atoms with Gasteiger partial charge in [-0.1, -0.05) is 35.3 Å². The van der Waals surface area contributed by atoms with Crippen molar-refractivity contribution < 1.29 is 4.74 Å². The molecule has 19 heavy (non-hydrogen) atoms. The highest BCUT2D eigenvalue weighted by molar-refractivity contribution is 6.43.